The lowest BCUT2D eigenvalue weighted by Crippen LogP contribution is -2.62. The molecule has 3 aromatic carbocycles. The first-order valence-corrected chi connectivity index (χ1v) is 35.7. The molecule has 4 rings (SSSR count). The van der Waals surface area contributed by atoms with E-state index < -0.39 is 131 Å². The van der Waals surface area contributed by atoms with Gasteiger partial charge in [-0.25, -0.2) is 4.79 Å². The molecule has 0 fully saturated rings. The number of fused-ring (bicyclic) bond motifs is 1. The Kier molecular flexibility index (Phi) is 37.1. The summed E-state index contributed by atoms with van der Waals surface area (Å²) in [4.78, 5) is 150. The van der Waals surface area contributed by atoms with E-state index in [4.69, 9.17) is 34.4 Å². The first-order chi connectivity index (χ1) is 47.3. The molecule has 0 unspecified atom stereocenters. The molecule has 0 radical (unpaired) electrons. The van der Waals surface area contributed by atoms with E-state index in [0.29, 0.717) is 87.9 Å². The van der Waals surface area contributed by atoms with Crippen LogP contribution >= 0.6 is 11.8 Å². The number of carbonyl (C=O) groups excluding carboxylic acids is 9. The van der Waals surface area contributed by atoms with Crippen LogP contribution in [0.2, 0.25) is 0 Å². The highest BCUT2D eigenvalue weighted by Crippen LogP contribution is 2.21. The number of unbranched alkanes of at least 4 members (excludes halogenated alkanes) is 3. The van der Waals surface area contributed by atoms with Crippen LogP contribution in [0.1, 0.15) is 133 Å². The Morgan fingerprint density at radius 3 is 1.45 bits per heavy atom. The van der Waals surface area contributed by atoms with E-state index in [1.165, 1.54) is 11.8 Å². The SMILES string of the molecule is CSCC[C@H](NC(=O)[C@@H](NC(=O)[C@@H](NC(=O)[C@H](Cc1ccc(C)cc1)NC(=O)[C@H](CCc1ccccc1)NC(=O)[C@H](CCCN=C(N)N)NC(=O)[C@@H](N)CCCCN)C(C)C)C(C)C)C(=O)N[C@@H](Cc1c[nH]c2ccccc12)C(=O)N[C@@H](CCCCN)C(=O)N[C@@H](CCCCN)C(=O)O. The highest BCUT2D eigenvalue weighted by molar-refractivity contribution is 7.98. The van der Waals surface area contributed by atoms with E-state index in [9.17, 15) is 53.1 Å². The molecule has 99 heavy (non-hydrogen) atoms. The molecule has 1 heterocycles. The molecule has 29 heteroatoms. The molecular formula is C70H109N17O11S. The Labute approximate surface area is 585 Å². The topological polar surface area (TPSA) is 483 Å². The molecule has 23 N–H and O–H groups in total. The largest absolute Gasteiger partial charge is 0.480 e. The number of aryl methyl sites for hydroxylation is 2. The van der Waals surface area contributed by atoms with Crippen molar-refractivity contribution in [2.45, 2.75) is 198 Å². The molecule has 0 saturated carbocycles. The van der Waals surface area contributed by atoms with Crippen molar-refractivity contribution in [3.8, 4) is 0 Å². The molecule has 28 nitrogen and oxygen atoms in total. The lowest BCUT2D eigenvalue weighted by Gasteiger charge is -2.30. The number of carboxylic acids is 1. The number of thioether (sulfide) groups is 1. The molecule has 0 spiro atoms. The predicted octanol–water partition coefficient (Wildman–Crippen LogP) is 1.18. The average molecular weight is 1400 g/mol. The van der Waals surface area contributed by atoms with Crippen LogP contribution in [0.4, 0.5) is 0 Å². The summed E-state index contributed by atoms with van der Waals surface area (Å²) >= 11 is 1.40. The minimum absolute atomic E-state index is 0.0509. The number of nitrogens with one attached hydrogen (secondary N) is 10. The second kappa shape index (κ2) is 44.4. The third-order valence-electron chi connectivity index (χ3n) is 16.9. The number of para-hydroxylation sites is 1. The number of nitrogens with two attached hydrogens (primary N) is 6. The number of aromatic nitrogens is 1. The molecule has 0 bridgehead atoms. The van der Waals surface area contributed by atoms with Gasteiger partial charge < -0.3 is 92.3 Å². The second-order valence-electron chi connectivity index (χ2n) is 25.7. The molecule has 0 aliphatic carbocycles. The molecule has 0 aliphatic rings. The van der Waals surface area contributed by atoms with E-state index in [2.05, 4.69) is 57.8 Å². The van der Waals surface area contributed by atoms with Crippen molar-refractivity contribution >= 4 is 87.8 Å². The van der Waals surface area contributed by atoms with E-state index >= 15 is 0 Å². The number of guanidine groups is 1. The summed E-state index contributed by atoms with van der Waals surface area (Å²) < 4.78 is 0. The number of nitrogens with zero attached hydrogens (tertiary/aromatic N) is 1. The number of aliphatic carboxylic acids is 1. The summed E-state index contributed by atoms with van der Waals surface area (Å²) in [5, 5.41) is 35.9. The fraction of sp³-hybridized carbons (Fsp3) is 0.557. The normalized spacial score (nSPS) is 14.3. The summed E-state index contributed by atoms with van der Waals surface area (Å²) in [5.41, 5.74) is 38.3. The molecule has 0 saturated heterocycles. The van der Waals surface area contributed by atoms with Gasteiger partial charge in [-0.1, -0.05) is 112 Å². The summed E-state index contributed by atoms with van der Waals surface area (Å²) in [6.45, 7) is 9.82. The third kappa shape index (κ3) is 29.4. The van der Waals surface area contributed by atoms with Gasteiger partial charge in [0.15, 0.2) is 5.96 Å². The van der Waals surface area contributed by atoms with Crippen molar-refractivity contribution in [3.63, 3.8) is 0 Å². The number of hydrogen-bond donors (Lipinski definition) is 17. The van der Waals surface area contributed by atoms with Gasteiger partial charge >= 0.3 is 5.97 Å². The lowest BCUT2D eigenvalue weighted by molar-refractivity contribution is -0.142. The van der Waals surface area contributed by atoms with E-state index in [-0.39, 0.29) is 63.9 Å². The van der Waals surface area contributed by atoms with Gasteiger partial charge in [0.05, 0.1) is 6.04 Å². The van der Waals surface area contributed by atoms with Crippen LogP contribution < -0.4 is 82.3 Å². The number of aliphatic imine (C=N–C) groups is 1. The maximum atomic E-state index is 14.9. The Morgan fingerprint density at radius 2 is 0.909 bits per heavy atom. The number of carboxylic acid groups (broad SMARTS) is 1. The standard InChI is InChI=1S/C70H109N17O11S/c1-42(2)58(67(95)82-54(33-38-99-6)64(92)85-57(40-47-41-78-50-23-11-10-21-48(47)50)65(93)80-51(24-13-16-35-72)62(90)83-55(69(97)98)25-14-17-36-73)87-68(96)59(43(3)4)86-66(94)56(39-46-29-27-44(5)28-30-46)84-63(91)53(32-31-45-19-8-7-9-20-45)81-61(89)52(26-18-37-77-70(75)76)79-60(88)49(74)22-12-15-34-71/h7-11,19-21,23,27-30,41-43,49,51-59,78H,12-18,22,24-26,31-40,71-74H2,1-6H3,(H,79,88)(H,80,93)(H,81,89)(H,82,95)(H,83,90)(H,84,91)(H,85,92)(H,86,94)(H,87,96)(H,97,98)(H4,75,76,77)/t49-,51-,52-,53-,54-,55-,56-,57-,58-,59-/m0/s1. The zero-order chi connectivity index (χ0) is 73.0. The molecular weight excluding hydrogens is 1290 g/mol. The van der Waals surface area contributed by atoms with Gasteiger partial charge in [-0.2, -0.15) is 11.8 Å². The molecule has 546 valence electrons. The Bertz CT molecular complexity index is 3240. The summed E-state index contributed by atoms with van der Waals surface area (Å²) in [6.07, 6.45) is 7.72. The Hall–Kier alpha value is -8.64. The lowest BCUT2D eigenvalue weighted by atomic mass is 9.98. The first kappa shape index (κ1) is 82.8. The summed E-state index contributed by atoms with van der Waals surface area (Å²) in [7, 11) is 0. The number of benzene rings is 3. The molecule has 0 aliphatic heterocycles. The van der Waals surface area contributed by atoms with E-state index in [1.807, 2.05) is 79.9 Å². The van der Waals surface area contributed by atoms with E-state index in [0.717, 1.165) is 22.0 Å². The highest BCUT2D eigenvalue weighted by atomic mass is 32.2. The zero-order valence-electron chi connectivity index (χ0n) is 58.2. The van der Waals surface area contributed by atoms with E-state index in [1.54, 1.807) is 46.0 Å². The van der Waals surface area contributed by atoms with Crippen molar-refractivity contribution in [1.29, 1.82) is 0 Å². The Balaban J connectivity index is 1.64. The quantitative estimate of drug-likeness (QED) is 0.0168. The van der Waals surface area contributed by atoms with Gasteiger partial charge in [-0.15, -0.1) is 0 Å². The number of carbonyl (C=O) groups is 10. The van der Waals surface area contributed by atoms with Gasteiger partial charge in [-0.3, -0.25) is 48.1 Å². The van der Waals surface area contributed by atoms with Crippen LogP contribution in [0.15, 0.2) is 90.1 Å². The summed E-state index contributed by atoms with van der Waals surface area (Å²) in [5.74, 6) is -8.83. The highest BCUT2D eigenvalue weighted by Gasteiger charge is 2.37. The van der Waals surface area contributed by atoms with Gasteiger partial charge in [0.25, 0.3) is 0 Å². The molecule has 4 aromatic rings. The van der Waals surface area contributed by atoms with Crippen molar-refractivity contribution < 1.29 is 53.1 Å². The number of H-pyrrole nitrogens is 1. The monoisotopic (exact) mass is 1400 g/mol. The smallest absolute Gasteiger partial charge is 0.326 e. The fourth-order valence-corrected chi connectivity index (χ4v) is 11.5. The molecule has 1 aromatic heterocycles. The number of rotatable bonds is 47. The van der Waals surface area contributed by atoms with Gasteiger partial charge in [-0.05, 0) is 157 Å². The molecule has 9 amide bonds. The van der Waals surface area contributed by atoms with Crippen LogP contribution in [-0.4, -0.2) is 174 Å². The van der Waals surface area contributed by atoms with Crippen molar-refractivity contribution in [2.75, 3.05) is 38.2 Å². The van der Waals surface area contributed by atoms with Gasteiger partial charge in [0, 0.05) is 36.5 Å². The average Bonchev–Trinajstić information content (AvgIpc) is 1.76. The van der Waals surface area contributed by atoms with Crippen LogP contribution in [-0.2, 0) is 67.2 Å². The minimum Gasteiger partial charge on any atom is -0.480 e. The molecule has 10 atom stereocenters. The van der Waals surface area contributed by atoms with Crippen molar-refractivity contribution in [3.05, 3.63) is 107 Å². The van der Waals surface area contributed by atoms with Gasteiger partial charge in [0.1, 0.15) is 54.4 Å². The first-order valence-electron chi connectivity index (χ1n) is 34.3. The number of aromatic amines is 1. The predicted molar refractivity (Wildman–Crippen MR) is 386 cm³/mol. The number of hydrogen-bond acceptors (Lipinski definition) is 16. The Morgan fingerprint density at radius 1 is 0.475 bits per heavy atom. The van der Waals surface area contributed by atoms with Crippen molar-refractivity contribution in [2.24, 2.45) is 51.2 Å². The van der Waals surface area contributed by atoms with Crippen LogP contribution in [0.3, 0.4) is 0 Å². The maximum Gasteiger partial charge on any atom is 0.326 e. The number of amides is 9. The van der Waals surface area contributed by atoms with Crippen LogP contribution in [0, 0.1) is 18.8 Å². The second-order valence-corrected chi connectivity index (χ2v) is 26.7. The minimum atomic E-state index is -1.35. The zero-order valence-corrected chi connectivity index (χ0v) is 59.0. The van der Waals surface area contributed by atoms with Crippen LogP contribution in [0.25, 0.3) is 10.9 Å². The fourth-order valence-electron chi connectivity index (χ4n) is 11.0. The van der Waals surface area contributed by atoms with Gasteiger partial charge in [0.2, 0.25) is 53.2 Å². The summed E-state index contributed by atoms with van der Waals surface area (Å²) in [6, 6.07) is 11.4. The van der Waals surface area contributed by atoms with Crippen LogP contribution in [0.5, 0.6) is 0 Å². The maximum absolute atomic E-state index is 14.9. The van der Waals surface area contributed by atoms with Crippen molar-refractivity contribution in [1.82, 2.24) is 52.8 Å². The third-order valence-corrected chi connectivity index (χ3v) is 17.5.